The molecule has 2 unspecified atom stereocenters. The molecule has 3 heterocycles. The maximum absolute atomic E-state index is 14.2. The van der Waals surface area contributed by atoms with Gasteiger partial charge in [-0.2, -0.15) is 10.2 Å². The molecule has 1 aliphatic heterocycles. The Bertz CT molecular complexity index is 1300. The van der Waals surface area contributed by atoms with E-state index in [0.717, 1.165) is 5.56 Å². The molecule has 2 N–H and O–H groups in total. The number of rotatable bonds is 3. The van der Waals surface area contributed by atoms with Crippen LogP contribution in [0.3, 0.4) is 0 Å². The van der Waals surface area contributed by atoms with Crippen LogP contribution in [0.2, 0.25) is 0 Å². The zero-order valence-electron chi connectivity index (χ0n) is 16.1. The average Bonchev–Trinajstić information content (AvgIpc) is 3.15. The Labute approximate surface area is 169 Å². The number of hydrogen-bond acceptors (Lipinski definition) is 5. The quantitative estimate of drug-likeness (QED) is 0.544. The van der Waals surface area contributed by atoms with Crippen LogP contribution in [-0.2, 0) is 6.54 Å². The number of benzene rings is 2. The summed E-state index contributed by atoms with van der Waals surface area (Å²) in [6.45, 7) is 2.97. The lowest BCUT2D eigenvalue weighted by atomic mass is 9.82. The van der Waals surface area contributed by atoms with E-state index in [1.165, 1.54) is 30.6 Å². The molecule has 0 fully saturated rings. The molecule has 0 spiro atoms. The molecule has 7 nitrogen and oxygen atoms in total. The molecule has 0 amide bonds. The van der Waals surface area contributed by atoms with Crippen molar-refractivity contribution in [2.75, 3.05) is 11.9 Å². The molecular weight excluding hydrogens is 390 g/mol. The van der Waals surface area contributed by atoms with Crippen molar-refractivity contribution in [3.8, 4) is 0 Å². The Morgan fingerprint density at radius 3 is 2.73 bits per heavy atom. The van der Waals surface area contributed by atoms with E-state index in [2.05, 4.69) is 25.6 Å². The number of aryl methyl sites for hydroxylation is 1. The molecule has 0 radical (unpaired) electrons. The summed E-state index contributed by atoms with van der Waals surface area (Å²) in [5.41, 5.74) is 1.47. The van der Waals surface area contributed by atoms with E-state index in [1.54, 1.807) is 16.8 Å². The highest BCUT2D eigenvalue weighted by Gasteiger charge is 2.36. The summed E-state index contributed by atoms with van der Waals surface area (Å²) in [6, 6.07) is 8.84. The standard InChI is InChI=1S/C21H18F2N6O/c1-2-29-20(25-10-26-29)18-15(11-3-5-12(22)6-4-11)9-24-16-8-13(23)7-14-17(16)19(18)27-28-21(14)30/h3-8,10,15,18,24H,2,9H2,1H3,(H,28,30). The fraction of sp³-hybridized carbons (Fsp3) is 0.238. The number of aromatic amines is 1. The van der Waals surface area contributed by atoms with Crippen molar-refractivity contribution >= 4 is 16.5 Å². The molecule has 2 atom stereocenters. The average molecular weight is 408 g/mol. The van der Waals surface area contributed by atoms with Gasteiger partial charge in [-0.1, -0.05) is 12.1 Å². The van der Waals surface area contributed by atoms with Crippen LogP contribution in [0.15, 0.2) is 47.5 Å². The Kier molecular flexibility index (Phi) is 4.30. The van der Waals surface area contributed by atoms with E-state index in [-0.39, 0.29) is 17.1 Å². The first-order chi connectivity index (χ1) is 14.6. The van der Waals surface area contributed by atoms with Gasteiger partial charge in [0.05, 0.1) is 17.0 Å². The molecule has 152 valence electrons. The molecule has 0 bridgehead atoms. The van der Waals surface area contributed by atoms with E-state index < -0.39 is 17.3 Å². The van der Waals surface area contributed by atoms with Crippen molar-refractivity contribution in [3.63, 3.8) is 0 Å². The van der Waals surface area contributed by atoms with Crippen molar-refractivity contribution in [1.29, 1.82) is 0 Å². The van der Waals surface area contributed by atoms with Gasteiger partial charge in [-0.15, -0.1) is 0 Å². The van der Waals surface area contributed by atoms with E-state index >= 15 is 0 Å². The lowest BCUT2D eigenvalue weighted by Gasteiger charge is -2.25. The zero-order valence-corrected chi connectivity index (χ0v) is 16.1. The van der Waals surface area contributed by atoms with Gasteiger partial charge in [0.2, 0.25) is 0 Å². The summed E-state index contributed by atoms with van der Waals surface area (Å²) in [5.74, 6) is -0.773. The summed E-state index contributed by atoms with van der Waals surface area (Å²) in [6.07, 6.45) is 1.48. The van der Waals surface area contributed by atoms with Crippen LogP contribution in [0.25, 0.3) is 10.8 Å². The number of nitrogens with one attached hydrogen (secondary N) is 2. The normalized spacial score (nSPS) is 18.2. The molecule has 2 aromatic heterocycles. The number of halogens is 2. The second-order valence-corrected chi connectivity index (χ2v) is 7.26. The summed E-state index contributed by atoms with van der Waals surface area (Å²) in [7, 11) is 0. The van der Waals surface area contributed by atoms with Gasteiger partial charge in [0.15, 0.2) is 0 Å². The SMILES string of the molecule is CCn1ncnc1C1c2n[nH]c(=O)c3cc(F)cc(c23)NCC1c1ccc(F)cc1. The van der Waals surface area contributed by atoms with Gasteiger partial charge < -0.3 is 5.32 Å². The van der Waals surface area contributed by atoms with Crippen molar-refractivity contribution in [2.24, 2.45) is 0 Å². The topological polar surface area (TPSA) is 88.5 Å². The second-order valence-electron chi connectivity index (χ2n) is 7.26. The van der Waals surface area contributed by atoms with Crippen molar-refractivity contribution in [3.05, 3.63) is 81.8 Å². The third-order valence-electron chi connectivity index (χ3n) is 5.61. The Morgan fingerprint density at radius 2 is 1.97 bits per heavy atom. The van der Waals surface area contributed by atoms with Crippen LogP contribution in [-0.4, -0.2) is 31.5 Å². The molecule has 30 heavy (non-hydrogen) atoms. The third kappa shape index (κ3) is 2.85. The molecule has 2 aromatic carbocycles. The number of hydrogen-bond donors (Lipinski definition) is 2. The number of H-pyrrole nitrogens is 1. The van der Waals surface area contributed by atoms with Crippen LogP contribution in [0.1, 0.15) is 35.8 Å². The minimum absolute atomic E-state index is 0.211. The lowest BCUT2D eigenvalue weighted by Crippen LogP contribution is -2.24. The fourth-order valence-electron chi connectivity index (χ4n) is 4.26. The maximum Gasteiger partial charge on any atom is 0.272 e. The predicted octanol–water partition coefficient (Wildman–Crippen LogP) is 3.15. The first kappa shape index (κ1) is 18.4. The van der Waals surface area contributed by atoms with Gasteiger partial charge >= 0.3 is 0 Å². The lowest BCUT2D eigenvalue weighted by molar-refractivity contribution is 0.526. The van der Waals surface area contributed by atoms with Crippen LogP contribution >= 0.6 is 0 Å². The van der Waals surface area contributed by atoms with Crippen LogP contribution < -0.4 is 10.9 Å². The summed E-state index contributed by atoms with van der Waals surface area (Å²) in [4.78, 5) is 16.9. The van der Waals surface area contributed by atoms with Gasteiger partial charge in [0, 0.05) is 30.1 Å². The third-order valence-corrected chi connectivity index (χ3v) is 5.61. The zero-order chi connectivity index (χ0) is 20.8. The second kappa shape index (κ2) is 7.01. The summed E-state index contributed by atoms with van der Waals surface area (Å²) < 4.78 is 29.6. The highest BCUT2D eigenvalue weighted by Crippen LogP contribution is 2.43. The van der Waals surface area contributed by atoms with Gasteiger partial charge in [-0.3, -0.25) is 4.79 Å². The van der Waals surface area contributed by atoms with E-state index in [0.29, 0.717) is 35.7 Å². The van der Waals surface area contributed by atoms with Crippen LogP contribution in [0.5, 0.6) is 0 Å². The largest absolute Gasteiger partial charge is 0.384 e. The molecule has 9 heteroatoms. The molecule has 4 aromatic rings. The monoisotopic (exact) mass is 408 g/mol. The van der Waals surface area contributed by atoms with E-state index in [1.807, 2.05) is 6.92 Å². The van der Waals surface area contributed by atoms with Crippen molar-refractivity contribution < 1.29 is 8.78 Å². The van der Waals surface area contributed by atoms with Crippen molar-refractivity contribution in [1.82, 2.24) is 25.0 Å². The Morgan fingerprint density at radius 1 is 1.17 bits per heavy atom. The molecule has 1 aliphatic rings. The highest BCUT2D eigenvalue weighted by atomic mass is 19.1. The van der Waals surface area contributed by atoms with E-state index in [9.17, 15) is 13.6 Å². The van der Waals surface area contributed by atoms with Crippen LogP contribution in [0.4, 0.5) is 14.5 Å². The predicted molar refractivity (Wildman–Crippen MR) is 107 cm³/mol. The molecular formula is C21H18F2N6O. The summed E-state index contributed by atoms with van der Waals surface area (Å²) in [5, 5.41) is 15.2. The molecule has 0 aliphatic carbocycles. The minimum atomic E-state index is -0.513. The van der Waals surface area contributed by atoms with Crippen molar-refractivity contribution in [2.45, 2.75) is 25.3 Å². The smallest absolute Gasteiger partial charge is 0.272 e. The van der Waals surface area contributed by atoms with Gasteiger partial charge in [-0.05, 0) is 36.8 Å². The minimum Gasteiger partial charge on any atom is -0.384 e. The Balaban J connectivity index is 1.82. The van der Waals surface area contributed by atoms with Gasteiger partial charge in [0.25, 0.3) is 5.56 Å². The van der Waals surface area contributed by atoms with Gasteiger partial charge in [-0.25, -0.2) is 23.5 Å². The Hall–Kier alpha value is -3.62. The number of anilines is 1. The summed E-state index contributed by atoms with van der Waals surface area (Å²) >= 11 is 0. The first-order valence-corrected chi connectivity index (χ1v) is 9.65. The molecule has 0 saturated carbocycles. The maximum atomic E-state index is 14.2. The molecule has 0 saturated heterocycles. The van der Waals surface area contributed by atoms with E-state index in [4.69, 9.17) is 0 Å². The first-order valence-electron chi connectivity index (χ1n) is 9.65. The fourth-order valence-corrected chi connectivity index (χ4v) is 4.26. The number of nitrogens with zero attached hydrogens (tertiary/aromatic N) is 4. The highest BCUT2D eigenvalue weighted by molar-refractivity contribution is 5.96. The van der Waals surface area contributed by atoms with Crippen LogP contribution in [0, 0.1) is 11.6 Å². The number of aromatic nitrogens is 5. The molecule has 5 rings (SSSR count). The van der Waals surface area contributed by atoms with Gasteiger partial charge in [0.1, 0.15) is 23.8 Å².